The number of carbonyl (C=O) groups is 1. The van der Waals surface area contributed by atoms with Crippen LogP contribution in [0.3, 0.4) is 0 Å². The van der Waals surface area contributed by atoms with E-state index in [2.05, 4.69) is 17.6 Å². The van der Waals surface area contributed by atoms with E-state index in [1.165, 1.54) is 6.07 Å². The normalized spacial score (nSPS) is 10.4. The fourth-order valence-corrected chi connectivity index (χ4v) is 2.39. The molecule has 0 aliphatic carbocycles. The number of amides is 1. The lowest BCUT2D eigenvalue weighted by molar-refractivity contribution is -0.384. The maximum Gasteiger partial charge on any atom is 0.269 e. The second-order valence-corrected chi connectivity index (χ2v) is 5.84. The van der Waals surface area contributed by atoms with E-state index in [9.17, 15) is 14.9 Å². The SMILES string of the molecule is CCCCNC(=O)c1ccc(CNCc2cccc([N+](=O)[O-])c2)cc1. The first-order valence-corrected chi connectivity index (χ1v) is 8.41. The van der Waals surface area contributed by atoms with Gasteiger partial charge in [0.2, 0.25) is 0 Å². The van der Waals surface area contributed by atoms with Gasteiger partial charge in [-0.3, -0.25) is 14.9 Å². The lowest BCUT2D eigenvalue weighted by atomic mass is 10.1. The average molecular weight is 341 g/mol. The summed E-state index contributed by atoms with van der Waals surface area (Å²) in [5.74, 6) is -0.0513. The van der Waals surface area contributed by atoms with Crippen LogP contribution in [-0.4, -0.2) is 17.4 Å². The summed E-state index contributed by atoms with van der Waals surface area (Å²) in [5, 5.41) is 16.9. The van der Waals surface area contributed by atoms with Crippen molar-refractivity contribution >= 4 is 11.6 Å². The van der Waals surface area contributed by atoms with Crippen LogP contribution < -0.4 is 10.6 Å². The Hall–Kier alpha value is -2.73. The molecule has 0 saturated heterocycles. The smallest absolute Gasteiger partial charge is 0.269 e. The quantitative estimate of drug-likeness (QED) is 0.416. The van der Waals surface area contributed by atoms with Crippen molar-refractivity contribution in [3.05, 3.63) is 75.3 Å². The Morgan fingerprint density at radius 3 is 2.48 bits per heavy atom. The molecule has 0 radical (unpaired) electrons. The second-order valence-electron chi connectivity index (χ2n) is 5.84. The van der Waals surface area contributed by atoms with Gasteiger partial charge in [-0.05, 0) is 29.7 Å². The van der Waals surface area contributed by atoms with Gasteiger partial charge in [0.1, 0.15) is 0 Å². The Labute approximate surface area is 147 Å². The second kappa shape index (κ2) is 9.54. The molecular formula is C19H23N3O3. The average Bonchev–Trinajstić information content (AvgIpc) is 2.62. The third-order valence-electron chi connectivity index (χ3n) is 3.81. The van der Waals surface area contributed by atoms with Crippen LogP contribution >= 0.6 is 0 Å². The van der Waals surface area contributed by atoms with Gasteiger partial charge in [-0.1, -0.05) is 37.6 Å². The van der Waals surface area contributed by atoms with Crippen LogP contribution in [0.5, 0.6) is 0 Å². The molecule has 0 spiro atoms. The van der Waals surface area contributed by atoms with Gasteiger partial charge in [0, 0.05) is 37.3 Å². The zero-order chi connectivity index (χ0) is 18.1. The molecule has 0 unspecified atom stereocenters. The third-order valence-corrected chi connectivity index (χ3v) is 3.81. The Balaban J connectivity index is 1.82. The highest BCUT2D eigenvalue weighted by atomic mass is 16.6. The first kappa shape index (κ1) is 18.6. The Kier molecular flexibility index (Phi) is 7.10. The van der Waals surface area contributed by atoms with Crippen LogP contribution in [-0.2, 0) is 13.1 Å². The number of hydrogen-bond acceptors (Lipinski definition) is 4. The first-order valence-electron chi connectivity index (χ1n) is 8.41. The van der Waals surface area contributed by atoms with Crippen LogP contribution in [0, 0.1) is 10.1 Å². The molecule has 2 aromatic rings. The molecule has 0 heterocycles. The maximum absolute atomic E-state index is 11.9. The number of nitro groups is 1. The van der Waals surface area contributed by atoms with Crippen molar-refractivity contribution in [3.8, 4) is 0 Å². The molecular weight excluding hydrogens is 318 g/mol. The number of nitrogens with one attached hydrogen (secondary N) is 2. The van der Waals surface area contributed by atoms with Gasteiger partial charge >= 0.3 is 0 Å². The molecule has 0 aromatic heterocycles. The number of nitrogens with zero attached hydrogens (tertiary/aromatic N) is 1. The van der Waals surface area contributed by atoms with Crippen molar-refractivity contribution in [1.29, 1.82) is 0 Å². The summed E-state index contributed by atoms with van der Waals surface area (Å²) >= 11 is 0. The first-order chi connectivity index (χ1) is 12.1. The predicted octanol–water partition coefficient (Wildman–Crippen LogP) is 3.41. The summed E-state index contributed by atoms with van der Waals surface area (Å²) in [7, 11) is 0. The molecule has 2 N–H and O–H groups in total. The number of unbranched alkanes of at least 4 members (excludes halogenated alkanes) is 1. The van der Waals surface area contributed by atoms with E-state index in [1.807, 2.05) is 30.3 Å². The largest absolute Gasteiger partial charge is 0.352 e. The highest BCUT2D eigenvalue weighted by molar-refractivity contribution is 5.94. The molecule has 1 amide bonds. The topological polar surface area (TPSA) is 84.3 Å². The van der Waals surface area contributed by atoms with Gasteiger partial charge < -0.3 is 10.6 Å². The van der Waals surface area contributed by atoms with Gasteiger partial charge in [0.15, 0.2) is 0 Å². The maximum atomic E-state index is 11.9. The van der Waals surface area contributed by atoms with Crippen LogP contribution in [0.1, 0.15) is 41.3 Å². The fourth-order valence-electron chi connectivity index (χ4n) is 2.39. The summed E-state index contributed by atoms with van der Waals surface area (Å²) in [6.07, 6.45) is 2.03. The van der Waals surface area contributed by atoms with E-state index in [-0.39, 0.29) is 11.6 Å². The van der Waals surface area contributed by atoms with E-state index < -0.39 is 4.92 Å². The van der Waals surface area contributed by atoms with Crippen LogP contribution in [0.2, 0.25) is 0 Å². The fraction of sp³-hybridized carbons (Fsp3) is 0.316. The van der Waals surface area contributed by atoms with E-state index in [0.29, 0.717) is 25.2 Å². The number of carbonyl (C=O) groups excluding carboxylic acids is 1. The van der Waals surface area contributed by atoms with E-state index in [4.69, 9.17) is 0 Å². The molecule has 0 aliphatic rings. The molecule has 132 valence electrons. The molecule has 0 atom stereocenters. The lowest BCUT2D eigenvalue weighted by Crippen LogP contribution is -2.24. The van der Waals surface area contributed by atoms with Crippen molar-refractivity contribution < 1.29 is 9.72 Å². The van der Waals surface area contributed by atoms with Crippen molar-refractivity contribution in [2.45, 2.75) is 32.9 Å². The van der Waals surface area contributed by atoms with Crippen molar-refractivity contribution in [2.75, 3.05) is 6.54 Å². The van der Waals surface area contributed by atoms with E-state index >= 15 is 0 Å². The molecule has 0 saturated carbocycles. The molecule has 2 aromatic carbocycles. The Morgan fingerprint density at radius 2 is 1.80 bits per heavy atom. The zero-order valence-electron chi connectivity index (χ0n) is 14.3. The third kappa shape index (κ3) is 6.00. The van der Waals surface area contributed by atoms with Gasteiger partial charge in [-0.2, -0.15) is 0 Å². The molecule has 2 rings (SSSR count). The number of rotatable bonds is 9. The van der Waals surface area contributed by atoms with E-state index in [1.54, 1.807) is 12.1 Å². The predicted molar refractivity (Wildman–Crippen MR) is 97.3 cm³/mol. The summed E-state index contributed by atoms with van der Waals surface area (Å²) in [4.78, 5) is 22.3. The number of benzene rings is 2. The molecule has 0 fully saturated rings. The minimum Gasteiger partial charge on any atom is -0.352 e. The van der Waals surface area contributed by atoms with Gasteiger partial charge in [-0.15, -0.1) is 0 Å². The minimum absolute atomic E-state index is 0.0513. The van der Waals surface area contributed by atoms with Crippen molar-refractivity contribution in [3.63, 3.8) is 0 Å². The highest BCUT2D eigenvalue weighted by Gasteiger charge is 2.06. The number of non-ortho nitro benzene ring substituents is 1. The van der Waals surface area contributed by atoms with Gasteiger partial charge in [0.25, 0.3) is 11.6 Å². The Bertz CT molecular complexity index is 714. The standard InChI is InChI=1S/C19H23N3O3/c1-2-3-11-21-19(23)17-9-7-15(8-10-17)13-20-14-16-5-4-6-18(12-16)22(24)25/h4-10,12,20H,2-3,11,13-14H2,1H3,(H,21,23). The number of nitro benzene ring substituents is 1. The monoisotopic (exact) mass is 341 g/mol. The van der Waals surface area contributed by atoms with Gasteiger partial charge in [0.05, 0.1) is 4.92 Å². The summed E-state index contributed by atoms with van der Waals surface area (Å²) < 4.78 is 0. The lowest BCUT2D eigenvalue weighted by Gasteiger charge is -2.07. The van der Waals surface area contributed by atoms with Crippen molar-refractivity contribution in [2.24, 2.45) is 0 Å². The van der Waals surface area contributed by atoms with Crippen LogP contribution in [0.25, 0.3) is 0 Å². The number of hydrogen-bond donors (Lipinski definition) is 2. The highest BCUT2D eigenvalue weighted by Crippen LogP contribution is 2.13. The zero-order valence-corrected chi connectivity index (χ0v) is 14.3. The van der Waals surface area contributed by atoms with Crippen molar-refractivity contribution in [1.82, 2.24) is 10.6 Å². The minimum atomic E-state index is -0.395. The van der Waals surface area contributed by atoms with Crippen LogP contribution in [0.15, 0.2) is 48.5 Å². The summed E-state index contributed by atoms with van der Waals surface area (Å²) in [5.41, 5.74) is 2.66. The molecule has 0 bridgehead atoms. The molecule has 6 nitrogen and oxygen atoms in total. The van der Waals surface area contributed by atoms with Gasteiger partial charge in [-0.25, -0.2) is 0 Å². The van der Waals surface area contributed by atoms with Crippen LogP contribution in [0.4, 0.5) is 5.69 Å². The van der Waals surface area contributed by atoms with E-state index in [0.717, 1.165) is 24.0 Å². The molecule has 25 heavy (non-hydrogen) atoms. The summed E-state index contributed by atoms with van der Waals surface area (Å²) in [6, 6.07) is 14.0. The Morgan fingerprint density at radius 1 is 1.08 bits per heavy atom. The molecule has 6 heteroatoms. The molecule has 0 aliphatic heterocycles. The summed E-state index contributed by atoms with van der Waals surface area (Å²) in [6.45, 7) is 3.95.